The first-order chi connectivity index (χ1) is 12.4. The van der Waals surface area contributed by atoms with E-state index in [1.54, 1.807) is 30.3 Å². The van der Waals surface area contributed by atoms with Crippen LogP contribution in [0.1, 0.15) is 15.9 Å². The number of carbonyl (C=O) groups excluding carboxylic acids is 2. The third-order valence-corrected chi connectivity index (χ3v) is 4.24. The molecule has 26 heavy (non-hydrogen) atoms. The SMILES string of the molecule is O=C(CNS(=O)(=O)/C=C/c1ccccc1)OCC(=O)c1ccccc1F. The van der Waals surface area contributed by atoms with E-state index in [1.165, 1.54) is 24.3 Å². The van der Waals surface area contributed by atoms with Gasteiger partial charge in [0.25, 0.3) is 0 Å². The van der Waals surface area contributed by atoms with E-state index in [1.807, 2.05) is 4.72 Å². The van der Waals surface area contributed by atoms with Crippen molar-refractivity contribution in [3.05, 3.63) is 76.9 Å². The Bertz CT molecular complexity index is 910. The Balaban J connectivity index is 1.82. The van der Waals surface area contributed by atoms with Crippen LogP contribution < -0.4 is 4.72 Å². The number of sulfonamides is 1. The second-order valence-electron chi connectivity index (χ2n) is 5.14. The molecule has 0 atom stereocenters. The molecule has 0 spiro atoms. The maximum atomic E-state index is 13.4. The summed E-state index contributed by atoms with van der Waals surface area (Å²) < 4.78 is 43.7. The lowest BCUT2D eigenvalue weighted by Gasteiger charge is -2.05. The van der Waals surface area contributed by atoms with Crippen molar-refractivity contribution in [2.75, 3.05) is 13.2 Å². The van der Waals surface area contributed by atoms with Gasteiger partial charge in [0, 0.05) is 5.41 Å². The summed E-state index contributed by atoms with van der Waals surface area (Å²) >= 11 is 0. The van der Waals surface area contributed by atoms with E-state index in [2.05, 4.69) is 4.74 Å². The van der Waals surface area contributed by atoms with Crippen LogP contribution >= 0.6 is 0 Å². The highest BCUT2D eigenvalue weighted by atomic mass is 32.2. The molecule has 0 heterocycles. The molecule has 0 aliphatic heterocycles. The first kappa shape index (κ1) is 19.5. The normalized spacial score (nSPS) is 11.4. The van der Waals surface area contributed by atoms with Gasteiger partial charge in [0.2, 0.25) is 15.8 Å². The highest BCUT2D eigenvalue weighted by Gasteiger charge is 2.15. The third-order valence-electron chi connectivity index (χ3n) is 3.20. The number of Topliss-reactive ketones (excluding diaryl/α,β-unsaturated/α-hetero) is 1. The predicted molar refractivity (Wildman–Crippen MR) is 94.1 cm³/mol. The van der Waals surface area contributed by atoms with Crippen LogP contribution in [0.2, 0.25) is 0 Å². The van der Waals surface area contributed by atoms with Crippen LogP contribution in [0.5, 0.6) is 0 Å². The van der Waals surface area contributed by atoms with Crippen molar-refractivity contribution in [1.29, 1.82) is 0 Å². The molecule has 136 valence electrons. The number of hydrogen-bond acceptors (Lipinski definition) is 5. The standard InChI is InChI=1S/C18H16FNO5S/c19-16-9-5-4-8-15(16)17(21)13-25-18(22)12-20-26(23,24)11-10-14-6-2-1-3-7-14/h1-11,20H,12-13H2/b11-10+. The maximum absolute atomic E-state index is 13.4. The zero-order chi connectivity index (χ0) is 19.0. The molecule has 8 heteroatoms. The summed E-state index contributed by atoms with van der Waals surface area (Å²) in [6.45, 7) is -1.33. The van der Waals surface area contributed by atoms with Gasteiger partial charge < -0.3 is 4.74 Å². The predicted octanol–water partition coefficient (Wildman–Crippen LogP) is 2.14. The van der Waals surface area contributed by atoms with Crippen molar-refractivity contribution in [2.45, 2.75) is 0 Å². The minimum Gasteiger partial charge on any atom is -0.456 e. The molecule has 0 aromatic heterocycles. The number of ketones is 1. The Morgan fingerprint density at radius 3 is 2.38 bits per heavy atom. The lowest BCUT2D eigenvalue weighted by Crippen LogP contribution is -2.30. The molecule has 2 rings (SSSR count). The van der Waals surface area contributed by atoms with E-state index >= 15 is 0 Å². The fraction of sp³-hybridized carbons (Fsp3) is 0.111. The van der Waals surface area contributed by atoms with Crippen molar-refractivity contribution in [3.63, 3.8) is 0 Å². The summed E-state index contributed by atoms with van der Waals surface area (Å²) in [5, 5.41) is 0.917. The first-order valence-corrected chi connectivity index (χ1v) is 9.08. The number of ether oxygens (including phenoxy) is 1. The fourth-order valence-corrected chi connectivity index (χ4v) is 2.65. The van der Waals surface area contributed by atoms with Crippen LogP contribution in [0, 0.1) is 5.82 Å². The van der Waals surface area contributed by atoms with Gasteiger partial charge in [-0.05, 0) is 23.8 Å². The van der Waals surface area contributed by atoms with Gasteiger partial charge >= 0.3 is 5.97 Å². The van der Waals surface area contributed by atoms with Crippen molar-refractivity contribution < 1.29 is 27.1 Å². The van der Waals surface area contributed by atoms with Crippen LogP contribution in [0.4, 0.5) is 4.39 Å². The molecular weight excluding hydrogens is 361 g/mol. The minimum absolute atomic E-state index is 0.202. The number of benzene rings is 2. The summed E-state index contributed by atoms with van der Waals surface area (Å²) in [6, 6.07) is 14.0. The first-order valence-electron chi connectivity index (χ1n) is 7.53. The second kappa shape index (κ2) is 9.02. The Morgan fingerprint density at radius 2 is 1.69 bits per heavy atom. The lowest BCUT2D eigenvalue weighted by atomic mass is 10.1. The molecule has 2 aromatic rings. The van der Waals surface area contributed by atoms with Gasteiger partial charge in [0.05, 0.1) is 5.56 Å². The summed E-state index contributed by atoms with van der Waals surface area (Å²) in [7, 11) is -3.85. The lowest BCUT2D eigenvalue weighted by molar-refractivity contribution is -0.141. The van der Waals surface area contributed by atoms with Gasteiger partial charge in [0.15, 0.2) is 6.61 Å². The molecule has 0 unspecified atom stereocenters. The molecule has 6 nitrogen and oxygen atoms in total. The van der Waals surface area contributed by atoms with Gasteiger partial charge in [0.1, 0.15) is 12.4 Å². The Hall–Kier alpha value is -2.84. The molecule has 0 fully saturated rings. The van der Waals surface area contributed by atoms with Crippen molar-refractivity contribution in [1.82, 2.24) is 4.72 Å². The van der Waals surface area contributed by atoms with E-state index < -0.39 is 40.7 Å². The average Bonchev–Trinajstić information content (AvgIpc) is 2.64. The minimum atomic E-state index is -3.85. The summed E-state index contributed by atoms with van der Waals surface area (Å²) in [6.07, 6.45) is 1.37. The highest BCUT2D eigenvalue weighted by molar-refractivity contribution is 7.92. The van der Waals surface area contributed by atoms with Crippen LogP contribution in [-0.2, 0) is 19.6 Å². The number of esters is 1. The molecule has 0 aliphatic carbocycles. The molecule has 2 aromatic carbocycles. The molecule has 1 N–H and O–H groups in total. The fourth-order valence-electron chi connectivity index (χ4n) is 1.90. The van der Waals surface area contributed by atoms with E-state index in [-0.39, 0.29) is 5.56 Å². The molecule has 0 aliphatic rings. The van der Waals surface area contributed by atoms with E-state index in [0.717, 1.165) is 11.5 Å². The summed E-state index contributed by atoms with van der Waals surface area (Å²) in [4.78, 5) is 23.3. The Kier molecular flexibility index (Phi) is 6.76. The summed E-state index contributed by atoms with van der Waals surface area (Å²) in [5.74, 6) is -2.39. The van der Waals surface area contributed by atoms with Gasteiger partial charge in [-0.15, -0.1) is 0 Å². The molecular formula is C18H16FNO5S. The summed E-state index contributed by atoms with van der Waals surface area (Å²) in [5.41, 5.74) is 0.475. The third kappa shape index (κ3) is 6.23. The Labute approximate surface area is 150 Å². The molecule has 0 radical (unpaired) electrons. The van der Waals surface area contributed by atoms with Gasteiger partial charge in [-0.3, -0.25) is 9.59 Å². The van der Waals surface area contributed by atoms with E-state index in [0.29, 0.717) is 5.56 Å². The topological polar surface area (TPSA) is 89.5 Å². The second-order valence-corrected chi connectivity index (χ2v) is 6.79. The van der Waals surface area contributed by atoms with Gasteiger partial charge in [-0.2, -0.15) is 0 Å². The average molecular weight is 377 g/mol. The van der Waals surface area contributed by atoms with Crippen molar-refractivity contribution in [3.8, 4) is 0 Å². The Morgan fingerprint density at radius 1 is 1.04 bits per heavy atom. The molecule has 0 saturated heterocycles. The number of halogens is 1. The van der Waals surface area contributed by atoms with Crippen molar-refractivity contribution in [2.24, 2.45) is 0 Å². The zero-order valence-corrected chi connectivity index (χ0v) is 14.4. The largest absolute Gasteiger partial charge is 0.456 e. The quantitative estimate of drug-likeness (QED) is 0.562. The molecule has 0 bridgehead atoms. The molecule has 0 amide bonds. The smallest absolute Gasteiger partial charge is 0.321 e. The molecule has 0 saturated carbocycles. The van der Waals surface area contributed by atoms with Crippen LogP contribution in [0.15, 0.2) is 60.0 Å². The number of hydrogen-bond donors (Lipinski definition) is 1. The zero-order valence-electron chi connectivity index (χ0n) is 13.6. The number of nitrogens with one attached hydrogen (secondary N) is 1. The van der Waals surface area contributed by atoms with E-state index in [4.69, 9.17) is 0 Å². The number of carbonyl (C=O) groups is 2. The highest BCUT2D eigenvalue weighted by Crippen LogP contribution is 2.07. The monoisotopic (exact) mass is 377 g/mol. The number of rotatable bonds is 8. The van der Waals surface area contributed by atoms with Gasteiger partial charge in [-0.1, -0.05) is 42.5 Å². The van der Waals surface area contributed by atoms with E-state index in [9.17, 15) is 22.4 Å². The van der Waals surface area contributed by atoms with Crippen LogP contribution in [0.3, 0.4) is 0 Å². The van der Waals surface area contributed by atoms with Gasteiger partial charge in [-0.25, -0.2) is 17.5 Å². The van der Waals surface area contributed by atoms with Crippen molar-refractivity contribution >= 4 is 27.9 Å². The van der Waals surface area contributed by atoms with Crippen LogP contribution in [0.25, 0.3) is 6.08 Å². The van der Waals surface area contributed by atoms with Crippen LogP contribution in [-0.4, -0.2) is 33.3 Å². The maximum Gasteiger partial charge on any atom is 0.321 e.